The Hall–Kier alpha value is -0.0400. The van der Waals surface area contributed by atoms with E-state index < -0.39 is 0 Å². The molecule has 1 rings (SSSR count). The molecule has 1 aromatic heterocycles. The van der Waals surface area contributed by atoms with E-state index in [2.05, 4.69) is 58.6 Å². The van der Waals surface area contributed by atoms with Crippen LogP contribution in [0.25, 0.3) is 0 Å². The van der Waals surface area contributed by atoms with Crippen molar-refractivity contribution in [2.45, 2.75) is 39.4 Å². The highest BCUT2D eigenvalue weighted by Gasteiger charge is 2.10. The highest BCUT2D eigenvalue weighted by atomic mass is 127. The standard InChI is InChI=1S/C13H22IN3S/c1-5-6-10-12(14)13(15-4)17-11(16-10)8-18-7-9(2)3/h9H,5-8H2,1-4H3,(H,15,16,17). The van der Waals surface area contributed by atoms with Crippen LogP contribution in [0.5, 0.6) is 0 Å². The Kier molecular flexibility index (Phi) is 7.29. The number of thioether (sulfide) groups is 1. The summed E-state index contributed by atoms with van der Waals surface area (Å²) >= 11 is 4.25. The van der Waals surface area contributed by atoms with Gasteiger partial charge >= 0.3 is 0 Å². The van der Waals surface area contributed by atoms with Gasteiger partial charge in [0.05, 0.1) is 15.0 Å². The fraction of sp³-hybridized carbons (Fsp3) is 0.692. The van der Waals surface area contributed by atoms with E-state index in [1.165, 1.54) is 5.69 Å². The van der Waals surface area contributed by atoms with E-state index in [1.807, 2.05) is 18.8 Å². The van der Waals surface area contributed by atoms with E-state index in [1.54, 1.807) is 0 Å². The summed E-state index contributed by atoms with van der Waals surface area (Å²) in [6, 6.07) is 0. The van der Waals surface area contributed by atoms with Crippen LogP contribution in [0, 0.1) is 9.49 Å². The van der Waals surface area contributed by atoms with Gasteiger partial charge in [-0.1, -0.05) is 27.2 Å². The molecule has 0 radical (unpaired) electrons. The Morgan fingerprint density at radius 3 is 2.61 bits per heavy atom. The van der Waals surface area contributed by atoms with Gasteiger partial charge in [0.25, 0.3) is 0 Å². The maximum absolute atomic E-state index is 4.69. The summed E-state index contributed by atoms with van der Waals surface area (Å²) in [4.78, 5) is 9.27. The molecule has 18 heavy (non-hydrogen) atoms. The Morgan fingerprint density at radius 2 is 2.06 bits per heavy atom. The van der Waals surface area contributed by atoms with Crippen molar-refractivity contribution in [2.75, 3.05) is 18.1 Å². The minimum Gasteiger partial charge on any atom is -0.372 e. The van der Waals surface area contributed by atoms with Gasteiger partial charge in [-0.25, -0.2) is 9.97 Å². The summed E-state index contributed by atoms with van der Waals surface area (Å²) in [6.45, 7) is 6.66. The topological polar surface area (TPSA) is 37.8 Å². The van der Waals surface area contributed by atoms with E-state index in [0.29, 0.717) is 0 Å². The molecule has 0 aromatic carbocycles. The Balaban J connectivity index is 2.81. The SMILES string of the molecule is CCCc1nc(CSCC(C)C)nc(NC)c1I. The maximum atomic E-state index is 4.69. The van der Waals surface area contributed by atoms with Gasteiger partial charge in [0.1, 0.15) is 11.6 Å². The fourth-order valence-electron chi connectivity index (χ4n) is 1.56. The van der Waals surface area contributed by atoms with Crippen LogP contribution in [0.3, 0.4) is 0 Å². The van der Waals surface area contributed by atoms with Gasteiger partial charge in [-0.15, -0.1) is 0 Å². The van der Waals surface area contributed by atoms with Gasteiger partial charge in [0.15, 0.2) is 0 Å². The zero-order chi connectivity index (χ0) is 13.5. The van der Waals surface area contributed by atoms with E-state index >= 15 is 0 Å². The van der Waals surface area contributed by atoms with Gasteiger partial charge in [0.2, 0.25) is 0 Å². The van der Waals surface area contributed by atoms with Crippen molar-refractivity contribution in [2.24, 2.45) is 5.92 Å². The third-order valence-electron chi connectivity index (χ3n) is 2.37. The third-order valence-corrected chi connectivity index (χ3v) is 4.87. The van der Waals surface area contributed by atoms with E-state index in [-0.39, 0.29) is 0 Å². The number of hydrogen-bond acceptors (Lipinski definition) is 4. The van der Waals surface area contributed by atoms with E-state index in [9.17, 15) is 0 Å². The van der Waals surface area contributed by atoms with Crippen molar-refractivity contribution < 1.29 is 0 Å². The van der Waals surface area contributed by atoms with Crippen molar-refractivity contribution in [1.29, 1.82) is 0 Å². The van der Waals surface area contributed by atoms with Crippen LogP contribution in [0.15, 0.2) is 0 Å². The number of nitrogens with zero attached hydrogens (tertiary/aromatic N) is 2. The van der Waals surface area contributed by atoms with Crippen molar-refractivity contribution >= 4 is 40.2 Å². The quantitative estimate of drug-likeness (QED) is 0.728. The zero-order valence-electron chi connectivity index (χ0n) is 11.6. The maximum Gasteiger partial charge on any atom is 0.143 e. The molecule has 102 valence electrons. The van der Waals surface area contributed by atoms with Gasteiger partial charge < -0.3 is 5.32 Å². The molecular formula is C13H22IN3S. The Bertz CT molecular complexity index is 383. The second-order valence-electron chi connectivity index (χ2n) is 4.66. The molecule has 3 nitrogen and oxygen atoms in total. The van der Waals surface area contributed by atoms with E-state index in [4.69, 9.17) is 0 Å². The lowest BCUT2D eigenvalue weighted by molar-refractivity contribution is 0.749. The van der Waals surface area contributed by atoms with Crippen LogP contribution >= 0.6 is 34.4 Å². The average molecular weight is 379 g/mol. The molecule has 1 aromatic rings. The predicted octanol–water partition coefficient (Wildman–Crippen LogP) is 3.96. The summed E-state index contributed by atoms with van der Waals surface area (Å²) < 4.78 is 1.16. The molecule has 0 amide bonds. The average Bonchev–Trinajstić information content (AvgIpc) is 2.32. The lowest BCUT2D eigenvalue weighted by Crippen LogP contribution is -2.07. The highest BCUT2D eigenvalue weighted by molar-refractivity contribution is 14.1. The lowest BCUT2D eigenvalue weighted by atomic mass is 10.2. The first-order valence-electron chi connectivity index (χ1n) is 6.39. The zero-order valence-corrected chi connectivity index (χ0v) is 14.6. The number of anilines is 1. The number of hydrogen-bond donors (Lipinski definition) is 1. The molecule has 0 saturated heterocycles. The fourth-order valence-corrected chi connectivity index (χ4v) is 3.24. The first-order chi connectivity index (χ1) is 8.58. The number of rotatable bonds is 7. The summed E-state index contributed by atoms with van der Waals surface area (Å²) in [6.07, 6.45) is 2.14. The first kappa shape index (κ1) is 16.0. The Labute approximate surface area is 128 Å². The Morgan fingerprint density at radius 1 is 1.33 bits per heavy atom. The second-order valence-corrected chi connectivity index (χ2v) is 6.77. The van der Waals surface area contributed by atoms with Crippen LogP contribution in [0.1, 0.15) is 38.7 Å². The van der Waals surface area contributed by atoms with Crippen molar-refractivity contribution in [3.63, 3.8) is 0 Å². The molecule has 0 saturated carbocycles. The second kappa shape index (κ2) is 8.19. The smallest absolute Gasteiger partial charge is 0.143 e. The van der Waals surface area contributed by atoms with Crippen LogP contribution < -0.4 is 5.32 Å². The minimum atomic E-state index is 0.720. The molecule has 0 aliphatic heterocycles. The summed E-state index contributed by atoms with van der Waals surface area (Å²) in [5.41, 5.74) is 1.18. The van der Waals surface area contributed by atoms with Crippen molar-refractivity contribution in [3.05, 3.63) is 15.1 Å². The van der Waals surface area contributed by atoms with Gasteiger partial charge in [-0.05, 0) is 40.7 Å². The monoisotopic (exact) mass is 379 g/mol. The van der Waals surface area contributed by atoms with E-state index in [0.717, 1.165) is 45.5 Å². The van der Waals surface area contributed by atoms with Crippen LogP contribution in [0.4, 0.5) is 5.82 Å². The summed E-state index contributed by atoms with van der Waals surface area (Å²) in [5, 5.41) is 3.17. The van der Waals surface area contributed by atoms with Crippen LogP contribution in [0.2, 0.25) is 0 Å². The largest absolute Gasteiger partial charge is 0.372 e. The summed E-state index contributed by atoms with van der Waals surface area (Å²) in [5.74, 6) is 4.70. The first-order valence-corrected chi connectivity index (χ1v) is 8.62. The molecule has 0 spiro atoms. The third kappa shape index (κ3) is 4.91. The normalized spacial score (nSPS) is 11.0. The molecule has 0 fully saturated rings. The molecule has 5 heteroatoms. The molecule has 1 N–H and O–H groups in total. The van der Waals surface area contributed by atoms with Crippen LogP contribution in [-0.2, 0) is 12.2 Å². The number of nitrogens with one attached hydrogen (secondary N) is 1. The van der Waals surface area contributed by atoms with Crippen molar-refractivity contribution in [3.8, 4) is 0 Å². The predicted molar refractivity (Wildman–Crippen MR) is 89.3 cm³/mol. The molecule has 1 heterocycles. The number of aromatic nitrogens is 2. The van der Waals surface area contributed by atoms with Gasteiger partial charge in [-0.3, -0.25) is 0 Å². The van der Waals surface area contributed by atoms with Crippen LogP contribution in [-0.4, -0.2) is 22.8 Å². The number of halogens is 1. The summed E-state index contributed by atoms with van der Waals surface area (Å²) in [7, 11) is 1.92. The molecule has 0 aliphatic carbocycles. The molecule has 0 aliphatic rings. The molecule has 0 bridgehead atoms. The lowest BCUT2D eigenvalue weighted by Gasteiger charge is -2.11. The van der Waals surface area contributed by atoms with Gasteiger partial charge in [0, 0.05) is 7.05 Å². The number of aryl methyl sites for hydroxylation is 1. The minimum absolute atomic E-state index is 0.720. The molecule has 0 unspecified atom stereocenters. The van der Waals surface area contributed by atoms with Crippen molar-refractivity contribution in [1.82, 2.24) is 9.97 Å². The molecule has 0 atom stereocenters. The molecular weight excluding hydrogens is 357 g/mol. The van der Waals surface area contributed by atoms with Gasteiger partial charge in [-0.2, -0.15) is 11.8 Å². The highest BCUT2D eigenvalue weighted by Crippen LogP contribution is 2.22.